The molecule has 26 heavy (non-hydrogen) atoms. The third kappa shape index (κ3) is 3.78. The maximum Gasteiger partial charge on any atom is 0.221 e. The third-order valence-electron chi connectivity index (χ3n) is 3.97. The molecule has 5 nitrogen and oxygen atoms in total. The van der Waals surface area contributed by atoms with E-state index >= 15 is 0 Å². The molecule has 3 aromatic rings. The topological polar surface area (TPSA) is 77.9 Å². The van der Waals surface area contributed by atoms with Crippen molar-refractivity contribution in [3.05, 3.63) is 78.0 Å². The van der Waals surface area contributed by atoms with Crippen molar-refractivity contribution in [2.24, 2.45) is 0 Å². The van der Waals surface area contributed by atoms with Crippen molar-refractivity contribution >= 4 is 23.1 Å². The number of rotatable bonds is 5. The molecular weight excluding hydrogens is 324 g/mol. The Balaban J connectivity index is 2.00. The first-order valence-electron chi connectivity index (χ1n) is 8.28. The van der Waals surface area contributed by atoms with E-state index in [1.165, 1.54) is 6.92 Å². The molecule has 0 aliphatic carbocycles. The molecule has 0 bridgehead atoms. The van der Waals surface area contributed by atoms with Gasteiger partial charge >= 0.3 is 0 Å². The second-order valence-electron chi connectivity index (χ2n) is 5.87. The summed E-state index contributed by atoms with van der Waals surface area (Å²) in [5, 5.41) is 14.4. The van der Waals surface area contributed by atoms with Crippen LogP contribution < -0.4 is 10.6 Å². The lowest BCUT2D eigenvalue weighted by molar-refractivity contribution is -0.114. The van der Waals surface area contributed by atoms with Crippen molar-refractivity contribution in [1.82, 2.24) is 4.98 Å². The van der Waals surface area contributed by atoms with Crippen LogP contribution in [-0.2, 0) is 4.79 Å². The molecule has 1 aromatic heterocycles. The molecule has 0 spiro atoms. The molecule has 1 amide bonds. The lowest BCUT2D eigenvalue weighted by atomic mass is 9.97. The zero-order valence-electron chi connectivity index (χ0n) is 14.7. The quantitative estimate of drug-likeness (QED) is 0.608. The van der Waals surface area contributed by atoms with E-state index in [1.54, 1.807) is 19.3 Å². The molecule has 0 aliphatic heterocycles. The van der Waals surface area contributed by atoms with Crippen LogP contribution in [0.4, 0.5) is 11.5 Å². The van der Waals surface area contributed by atoms with Crippen LogP contribution in [0, 0.1) is 5.41 Å². The number of carbonyl (C=O) groups is 1. The number of amides is 1. The van der Waals surface area contributed by atoms with Crippen LogP contribution in [0.3, 0.4) is 0 Å². The van der Waals surface area contributed by atoms with E-state index in [0.717, 1.165) is 16.7 Å². The Morgan fingerprint density at radius 3 is 2.42 bits per heavy atom. The number of nitrogens with zero attached hydrogens (tertiary/aromatic N) is 1. The van der Waals surface area contributed by atoms with Gasteiger partial charge < -0.3 is 10.6 Å². The second kappa shape index (κ2) is 7.61. The molecular formula is C21H20N4O. The van der Waals surface area contributed by atoms with Gasteiger partial charge in [-0.2, -0.15) is 0 Å². The summed E-state index contributed by atoms with van der Waals surface area (Å²) in [6.07, 6.45) is 1.57. The van der Waals surface area contributed by atoms with Gasteiger partial charge in [0, 0.05) is 25.1 Å². The van der Waals surface area contributed by atoms with Crippen molar-refractivity contribution in [3.63, 3.8) is 0 Å². The number of carbonyl (C=O) groups excluding carboxylic acids is 1. The smallest absolute Gasteiger partial charge is 0.221 e. The summed E-state index contributed by atoms with van der Waals surface area (Å²) in [5.74, 6) is 0.418. The third-order valence-corrected chi connectivity index (χ3v) is 3.97. The van der Waals surface area contributed by atoms with Crippen LogP contribution in [0.1, 0.15) is 18.1 Å². The summed E-state index contributed by atoms with van der Waals surface area (Å²) in [4.78, 5) is 15.6. The molecule has 3 rings (SSSR count). The number of pyridine rings is 1. The van der Waals surface area contributed by atoms with E-state index in [0.29, 0.717) is 22.8 Å². The Bertz CT molecular complexity index is 951. The summed E-state index contributed by atoms with van der Waals surface area (Å²) >= 11 is 0. The van der Waals surface area contributed by atoms with Crippen molar-refractivity contribution in [3.8, 4) is 11.1 Å². The Labute approximate surface area is 152 Å². The fourth-order valence-corrected chi connectivity index (χ4v) is 2.77. The van der Waals surface area contributed by atoms with E-state index in [1.807, 2.05) is 54.6 Å². The summed E-state index contributed by atoms with van der Waals surface area (Å²) in [6, 6.07) is 19.7. The highest BCUT2D eigenvalue weighted by Gasteiger charge is 2.13. The number of benzene rings is 2. The zero-order chi connectivity index (χ0) is 18.5. The highest BCUT2D eigenvalue weighted by molar-refractivity contribution is 6.14. The van der Waals surface area contributed by atoms with Crippen molar-refractivity contribution in [2.75, 3.05) is 17.7 Å². The van der Waals surface area contributed by atoms with E-state index < -0.39 is 0 Å². The van der Waals surface area contributed by atoms with Gasteiger partial charge in [0.2, 0.25) is 5.91 Å². The number of aromatic nitrogens is 1. The first kappa shape index (κ1) is 17.4. The molecule has 0 saturated heterocycles. The first-order valence-corrected chi connectivity index (χ1v) is 8.28. The van der Waals surface area contributed by atoms with Gasteiger partial charge in [-0.05, 0) is 23.3 Å². The average molecular weight is 344 g/mol. The van der Waals surface area contributed by atoms with Crippen molar-refractivity contribution in [2.45, 2.75) is 6.92 Å². The molecule has 130 valence electrons. The first-order chi connectivity index (χ1) is 12.6. The van der Waals surface area contributed by atoms with Crippen LogP contribution in [0.25, 0.3) is 11.1 Å². The Morgan fingerprint density at radius 1 is 1.00 bits per heavy atom. The normalized spacial score (nSPS) is 10.2. The van der Waals surface area contributed by atoms with Gasteiger partial charge in [0.15, 0.2) is 0 Å². The van der Waals surface area contributed by atoms with Gasteiger partial charge in [0.05, 0.1) is 17.6 Å². The van der Waals surface area contributed by atoms with Crippen LogP contribution >= 0.6 is 0 Å². The lowest BCUT2D eigenvalue weighted by Gasteiger charge is -2.13. The average Bonchev–Trinajstić information content (AvgIpc) is 2.67. The summed E-state index contributed by atoms with van der Waals surface area (Å²) in [5.41, 5.74) is 4.46. The van der Waals surface area contributed by atoms with E-state index in [9.17, 15) is 4.79 Å². The second-order valence-corrected chi connectivity index (χ2v) is 5.87. The molecule has 0 radical (unpaired) electrons. The Morgan fingerprint density at radius 2 is 1.73 bits per heavy atom. The standard InChI is InChI=1S/C21H20N4O/c1-14(26)25-18-12-19(21(23-2)24-13-18)20(22)17-10-6-9-16(11-17)15-7-4-3-5-8-15/h3-13,22H,1-2H3,(H,23,24)(H,25,26). The SMILES string of the molecule is CNc1ncc(NC(C)=O)cc1C(=N)c1cccc(-c2ccccc2)c1. The minimum atomic E-state index is -0.174. The molecule has 1 heterocycles. The predicted molar refractivity (Wildman–Crippen MR) is 106 cm³/mol. The van der Waals surface area contributed by atoms with E-state index in [-0.39, 0.29) is 5.91 Å². The lowest BCUT2D eigenvalue weighted by Crippen LogP contribution is -2.11. The molecule has 0 fully saturated rings. The van der Waals surface area contributed by atoms with Crippen LogP contribution in [0.2, 0.25) is 0 Å². The summed E-state index contributed by atoms with van der Waals surface area (Å²) < 4.78 is 0. The van der Waals surface area contributed by atoms with Gasteiger partial charge in [0.25, 0.3) is 0 Å². The fourth-order valence-electron chi connectivity index (χ4n) is 2.77. The number of nitrogens with one attached hydrogen (secondary N) is 3. The molecule has 3 N–H and O–H groups in total. The van der Waals surface area contributed by atoms with E-state index in [4.69, 9.17) is 5.41 Å². The fraction of sp³-hybridized carbons (Fsp3) is 0.0952. The molecule has 5 heteroatoms. The number of hydrogen-bond donors (Lipinski definition) is 3. The van der Waals surface area contributed by atoms with Gasteiger partial charge in [-0.25, -0.2) is 4.98 Å². The van der Waals surface area contributed by atoms with Crippen molar-refractivity contribution in [1.29, 1.82) is 5.41 Å². The minimum absolute atomic E-state index is 0.174. The van der Waals surface area contributed by atoms with Gasteiger partial charge in [0.1, 0.15) is 5.82 Å². The Kier molecular flexibility index (Phi) is 5.08. The maximum atomic E-state index is 11.3. The van der Waals surface area contributed by atoms with Crippen LogP contribution in [0.15, 0.2) is 66.9 Å². The summed E-state index contributed by atoms with van der Waals surface area (Å²) in [7, 11) is 1.76. The summed E-state index contributed by atoms with van der Waals surface area (Å²) in [6.45, 7) is 1.44. The predicted octanol–water partition coefficient (Wildman–Crippen LogP) is 4.16. The minimum Gasteiger partial charge on any atom is -0.373 e. The van der Waals surface area contributed by atoms with Gasteiger partial charge in [-0.15, -0.1) is 0 Å². The van der Waals surface area contributed by atoms with E-state index in [2.05, 4.69) is 15.6 Å². The van der Waals surface area contributed by atoms with Crippen LogP contribution in [0.5, 0.6) is 0 Å². The number of hydrogen-bond acceptors (Lipinski definition) is 4. The van der Waals surface area contributed by atoms with Gasteiger partial charge in [-0.1, -0.05) is 48.5 Å². The number of anilines is 2. The maximum absolute atomic E-state index is 11.3. The largest absolute Gasteiger partial charge is 0.373 e. The van der Waals surface area contributed by atoms with Gasteiger partial charge in [-0.3, -0.25) is 10.2 Å². The molecule has 0 saturated carbocycles. The van der Waals surface area contributed by atoms with Crippen molar-refractivity contribution < 1.29 is 4.79 Å². The highest BCUT2D eigenvalue weighted by atomic mass is 16.1. The highest BCUT2D eigenvalue weighted by Crippen LogP contribution is 2.24. The van der Waals surface area contributed by atoms with Crippen LogP contribution in [-0.4, -0.2) is 23.7 Å². The molecule has 0 atom stereocenters. The monoisotopic (exact) mass is 344 g/mol. The molecule has 0 aliphatic rings. The molecule has 0 unspecified atom stereocenters. The molecule has 2 aromatic carbocycles. The zero-order valence-corrected chi connectivity index (χ0v) is 14.7. The Hall–Kier alpha value is -3.47.